The highest BCUT2D eigenvalue weighted by Gasteiger charge is 2.02. The van der Waals surface area contributed by atoms with Gasteiger partial charge in [0, 0.05) is 11.0 Å². The Morgan fingerprint density at radius 3 is 2.20 bits per heavy atom. The molecular formula is C21H16ClNOS. The lowest BCUT2D eigenvalue weighted by Crippen LogP contribution is -2.04. The summed E-state index contributed by atoms with van der Waals surface area (Å²) < 4.78 is 5.90. The van der Waals surface area contributed by atoms with Crippen molar-refractivity contribution in [1.82, 2.24) is 0 Å². The lowest BCUT2D eigenvalue weighted by Gasteiger charge is -2.06. The zero-order chi connectivity index (χ0) is 17.3. The molecule has 0 spiro atoms. The number of benzene rings is 3. The normalized spacial score (nSPS) is 11.6. The van der Waals surface area contributed by atoms with Crippen LogP contribution in [0.5, 0.6) is 5.75 Å². The van der Waals surface area contributed by atoms with Gasteiger partial charge in [-0.25, -0.2) is 4.99 Å². The third-order valence-electron chi connectivity index (χ3n) is 3.21. The molecule has 0 bridgehead atoms. The smallest absolute Gasteiger partial charge is 0.220 e. The first-order valence-electron chi connectivity index (χ1n) is 7.75. The van der Waals surface area contributed by atoms with Gasteiger partial charge in [-0.1, -0.05) is 71.9 Å². The van der Waals surface area contributed by atoms with Crippen molar-refractivity contribution >= 4 is 34.9 Å². The maximum atomic E-state index is 6.21. The Labute approximate surface area is 156 Å². The fraction of sp³-hybridized carbons (Fsp3) is 0. The molecule has 25 heavy (non-hydrogen) atoms. The Morgan fingerprint density at radius 2 is 1.48 bits per heavy atom. The fourth-order valence-corrected chi connectivity index (χ4v) is 2.87. The van der Waals surface area contributed by atoms with Crippen LogP contribution < -0.4 is 4.74 Å². The van der Waals surface area contributed by atoms with Crippen molar-refractivity contribution in [2.75, 3.05) is 0 Å². The van der Waals surface area contributed by atoms with E-state index in [1.807, 2.05) is 84.3 Å². The number of halogens is 1. The molecule has 3 aromatic carbocycles. The molecule has 0 radical (unpaired) electrons. The van der Waals surface area contributed by atoms with Crippen LogP contribution in [0.25, 0.3) is 0 Å². The van der Waals surface area contributed by atoms with E-state index < -0.39 is 0 Å². The third-order valence-corrected chi connectivity index (χ3v) is 4.34. The Morgan fingerprint density at radius 1 is 0.840 bits per heavy atom. The molecule has 0 saturated carbocycles. The van der Waals surface area contributed by atoms with E-state index in [9.17, 15) is 0 Å². The average molecular weight is 366 g/mol. The maximum absolute atomic E-state index is 6.21. The van der Waals surface area contributed by atoms with E-state index in [1.54, 1.807) is 11.8 Å². The van der Waals surface area contributed by atoms with Gasteiger partial charge in [-0.15, -0.1) is 0 Å². The number of rotatable bonds is 5. The number of hydrogen-bond donors (Lipinski definition) is 0. The number of para-hydroxylation sites is 2. The van der Waals surface area contributed by atoms with Crippen LogP contribution >= 0.6 is 23.4 Å². The second kappa shape index (κ2) is 9.11. The van der Waals surface area contributed by atoms with E-state index in [-0.39, 0.29) is 0 Å². The molecule has 0 saturated heterocycles. The minimum Gasteiger partial charge on any atom is -0.439 e. The van der Waals surface area contributed by atoms with Gasteiger partial charge in [-0.2, -0.15) is 0 Å². The standard InChI is InChI=1S/C21H16ClNOS/c22-19-13-7-8-14-20(19)23-21(24-17-9-3-1-4-10-17)15-16-25-18-11-5-2-6-12-18/h1-16H. The SMILES string of the molecule is Clc1ccccc1N=C(C=CSc1ccccc1)Oc1ccccc1. The Bertz CT molecular complexity index is 863. The zero-order valence-electron chi connectivity index (χ0n) is 13.4. The molecule has 0 fully saturated rings. The van der Waals surface area contributed by atoms with Crippen molar-refractivity contribution in [1.29, 1.82) is 0 Å². The quantitative estimate of drug-likeness (QED) is 0.283. The second-order valence-electron chi connectivity index (χ2n) is 5.05. The van der Waals surface area contributed by atoms with Gasteiger partial charge in [-0.3, -0.25) is 0 Å². The van der Waals surface area contributed by atoms with Crippen molar-refractivity contribution in [2.24, 2.45) is 4.99 Å². The van der Waals surface area contributed by atoms with Crippen LogP contribution in [-0.4, -0.2) is 5.90 Å². The number of ether oxygens (including phenoxy) is 1. The molecule has 4 heteroatoms. The minimum absolute atomic E-state index is 0.475. The number of aliphatic imine (C=N–C) groups is 1. The molecule has 2 nitrogen and oxygen atoms in total. The molecule has 0 aliphatic rings. The summed E-state index contributed by atoms with van der Waals surface area (Å²) in [5.74, 6) is 1.20. The first kappa shape index (κ1) is 17.3. The molecule has 0 amide bonds. The molecular weight excluding hydrogens is 350 g/mol. The predicted octanol–water partition coefficient (Wildman–Crippen LogP) is 6.76. The van der Waals surface area contributed by atoms with E-state index in [4.69, 9.17) is 16.3 Å². The van der Waals surface area contributed by atoms with Crippen molar-refractivity contribution in [2.45, 2.75) is 4.90 Å². The van der Waals surface area contributed by atoms with Gasteiger partial charge in [0.25, 0.3) is 0 Å². The van der Waals surface area contributed by atoms with E-state index in [2.05, 4.69) is 17.1 Å². The minimum atomic E-state index is 0.475. The van der Waals surface area contributed by atoms with Crippen LogP contribution in [0.15, 0.2) is 106 Å². The van der Waals surface area contributed by atoms with Crippen LogP contribution in [0.1, 0.15) is 0 Å². The monoisotopic (exact) mass is 365 g/mol. The number of hydrogen-bond acceptors (Lipinski definition) is 3. The summed E-state index contributed by atoms with van der Waals surface area (Å²) in [5.41, 5.74) is 0.671. The number of thioether (sulfide) groups is 1. The molecule has 0 aliphatic carbocycles. The lowest BCUT2D eigenvalue weighted by atomic mass is 10.3. The molecule has 3 rings (SSSR count). The van der Waals surface area contributed by atoms with Crippen molar-refractivity contribution in [3.8, 4) is 5.75 Å². The van der Waals surface area contributed by atoms with Crippen molar-refractivity contribution in [3.63, 3.8) is 0 Å². The Hall–Kier alpha value is -2.49. The van der Waals surface area contributed by atoms with Crippen LogP contribution in [0.3, 0.4) is 0 Å². The largest absolute Gasteiger partial charge is 0.439 e. The van der Waals surface area contributed by atoms with Crippen LogP contribution in [0.4, 0.5) is 5.69 Å². The highest BCUT2D eigenvalue weighted by Crippen LogP contribution is 2.25. The number of nitrogens with zero attached hydrogens (tertiary/aromatic N) is 1. The predicted molar refractivity (Wildman–Crippen MR) is 107 cm³/mol. The molecule has 0 aromatic heterocycles. The highest BCUT2D eigenvalue weighted by molar-refractivity contribution is 8.02. The van der Waals surface area contributed by atoms with Gasteiger partial charge >= 0.3 is 0 Å². The maximum Gasteiger partial charge on any atom is 0.220 e. The lowest BCUT2D eigenvalue weighted by molar-refractivity contribution is 0.556. The van der Waals surface area contributed by atoms with Gasteiger partial charge in [-0.05, 0) is 41.8 Å². The molecule has 0 heterocycles. The van der Waals surface area contributed by atoms with E-state index in [0.717, 1.165) is 10.6 Å². The Balaban J connectivity index is 1.82. The first-order chi connectivity index (χ1) is 12.3. The summed E-state index contributed by atoms with van der Waals surface area (Å²) >= 11 is 7.81. The van der Waals surface area contributed by atoms with Gasteiger partial charge in [0.05, 0.1) is 10.7 Å². The van der Waals surface area contributed by atoms with Gasteiger partial charge < -0.3 is 4.74 Å². The van der Waals surface area contributed by atoms with Crippen LogP contribution in [-0.2, 0) is 0 Å². The summed E-state index contributed by atoms with van der Waals surface area (Å²) in [5, 5.41) is 2.54. The van der Waals surface area contributed by atoms with Gasteiger partial charge in [0.2, 0.25) is 5.90 Å². The third kappa shape index (κ3) is 5.52. The molecule has 0 atom stereocenters. The second-order valence-corrected chi connectivity index (χ2v) is 6.44. The Kier molecular flexibility index (Phi) is 6.32. The molecule has 124 valence electrons. The summed E-state index contributed by atoms with van der Waals surface area (Å²) in [6, 6.07) is 27.1. The summed E-state index contributed by atoms with van der Waals surface area (Å²) in [4.78, 5) is 5.70. The molecule has 0 unspecified atom stereocenters. The summed E-state index contributed by atoms with van der Waals surface area (Å²) in [6.45, 7) is 0. The zero-order valence-corrected chi connectivity index (χ0v) is 15.0. The molecule has 0 N–H and O–H groups in total. The van der Waals surface area contributed by atoms with Gasteiger partial charge in [0.1, 0.15) is 5.75 Å². The highest BCUT2D eigenvalue weighted by atomic mass is 35.5. The topological polar surface area (TPSA) is 21.6 Å². The van der Waals surface area contributed by atoms with E-state index >= 15 is 0 Å². The van der Waals surface area contributed by atoms with Crippen LogP contribution in [0, 0.1) is 0 Å². The van der Waals surface area contributed by atoms with E-state index in [1.165, 1.54) is 0 Å². The summed E-state index contributed by atoms with van der Waals surface area (Å²) in [7, 11) is 0. The summed E-state index contributed by atoms with van der Waals surface area (Å²) in [6.07, 6.45) is 1.84. The van der Waals surface area contributed by atoms with Crippen molar-refractivity contribution < 1.29 is 4.74 Å². The van der Waals surface area contributed by atoms with Crippen molar-refractivity contribution in [3.05, 3.63) is 101 Å². The van der Waals surface area contributed by atoms with Gasteiger partial charge in [0.15, 0.2) is 0 Å². The van der Waals surface area contributed by atoms with E-state index in [0.29, 0.717) is 16.6 Å². The fourth-order valence-electron chi connectivity index (χ4n) is 2.03. The first-order valence-corrected chi connectivity index (χ1v) is 9.01. The molecule has 0 aliphatic heterocycles. The average Bonchev–Trinajstić information content (AvgIpc) is 2.65. The molecule has 3 aromatic rings. The van der Waals surface area contributed by atoms with Crippen LogP contribution in [0.2, 0.25) is 5.02 Å².